The maximum Gasteiger partial charge on any atom is 0.227 e. The van der Waals surface area contributed by atoms with E-state index < -0.39 is 0 Å². The van der Waals surface area contributed by atoms with Gasteiger partial charge in [0.05, 0.1) is 12.5 Å². The van der Waals surface area contributed by atoms with Crippen LogP contribution in [-0.4, -0.2) is 48.7 Å². The van der Waals surface area contributed by atoms with Crippen LogP contribution in [0.1, 0.15) is 26.2 Å². The fraction of sp³-hybridized carbons (Fsp3) is 0.909. The van der Waals surface area contributed by atoms with Crippen LogP contribution in [0.4, 0.5) is 0 Å². The Labute approximate surface area is 91.6 Å². The third-order valence-electron chi connectivity index (χ3n) is 2.87. The number of carbonyl (C=O) groups is 1. The molecule has 1 aliphatic rings. The highest BCUT2D eigenvalue weighted by Gasteiger charge is 2.26. The summed E-state index contributed by atoms with van der Waals surface area (Å²) >= 11 is 0. The van der Waals surface area contributed by atoms with Crippen molar-refractivity contribution >= 4 is 5.91 Å². The van der Waals surface area contributed by atoms with Crippen LogP contribution in [0.25, 0.3) is 0 Å². The molecule has 88 valence electrons. The van der Waals surface area contributed by atoms with Gasteiger partial charge in [0, 0.05) is 19.6 Å². The fourth-order valence-corrected chi connectivity index (χ4v) is 1.93. The molecule has 1 amide bonds. The van der Waals surface area contributed by atoms with Gasteiger partial charge in [-0.2, -0.15) is 0 Å². The maximum atomic E-state index is 12.0. The number of amides is 1. The third kappa shape index (κ3) is 3.80. The lowest BCUT2D eigenvalue weighted by atomic mass is 10.1. The van der Waals surface area contributed by atoms with E-state index in [-0.39, 0.29) is 18.4 Å². The van der Waals surface area contributed by atoms with Crippen LogP contribution in [0.15, 0.2) is 0 Å². The van der Waals surface area contributed by atoms with Crippen molar-refractivity contribution < 1.29 is 9.90 Å². The number of hydrogen-bond donors (Lipinski definition) is 2. The minimum atomic E-state index is 0.0651. The molecule has 1 rings (SSSR count). The summed E-state index contributed by atoms with van der Waals surface area (Å²) < 4.78 is 0. The van der Waals surface area contributed by atoms with Gasteiger partial charge in [-0.15, -0.1) is 0 Å². The van der Waals surface area contributed by atoms with E-state index in [1.807, 2.05) is 0 Å². The first-order chi connectivity index (χ1) is 7.29. The summed E-state index contributed by atoms with van der Waals surface area (Å²) in [6, 6.07) is 0. The molecule has 0 aromatic rings. The highest BCUT2D eigenvalue weighted by molar-refractivity contribution is 5.79. The van der Waals surface area contributed by atoms with Crippen LogP contribution >= 0.6 is 0 Å². The number of nitrogens with one attached hydrogen (secondary N) is 1. The number of carbonyl (C=O) groups excluding carboxylic acids is 1. The monoisotopic (exact) mass is 214 g/mol. The van der Waals surface area contributed by atoms with Crippen molar-refractivity contribution in [2.45, 2.75) is 26.2 Å². The zero-order valence-electron chi connectivity index (χ0n) is 9.54. The largest absolute Gasteiger partial charge is 0.395 e. The van der Waals surface area contributed by atoms with Crippen LogP contribution in [0.5, 0.6) is 0 Å². The Morgan fingerprint density at radius 1 is 1.53 bits per heavy atom. The Morgan fingerprint density at radius 2 is 2.33 bits per heavy atom. The summed E-state index contributed by atoms with van der Waals surface area (Å²) in [6.07, 6.45) is 3.04. The van der Waals surface area contributed by atoms with Crippen LogP contribution in [0.3, 0.4) is 0 Å². The quantitative estimate of drug-likeness (QED) is 0.665. The summed E-state index contributed by atoms with van der Waals surface area (Å²) in [7, 11) is 0. The van der Waals surface area contributed by atoms with Gasteiger partial charge in [-0.25, -0.2) is 0 Å². The lowest BCUT2D eigenvalue weighted by molar-refractivity contribution is -0.135. The minimum absolute atomic E-state index is 0.0651. The van der Waals surface area contributed by atoms with Crippen LogP contribution in [0.2, 0.25) is 0 Å². The van der Waals surface area contributed by atoms with Gasteiger partial charge >= 0.3 is 0 Å². The first-order valence-corrected chi connectivity index (χ1v) is 5.90. The Morgan fingerprint density at radius 3 is 2.87 bits per heavy atom. The predicted octanol–water partition coefficient (Wildman–Crippen LogP) is 0.217. The topological polar surface area (TPSA) is 52.6 Å². The molecule has 4 heteroatoms. The van der Waals surface area contributed by atoms with Crippen LogP contribution in [-0.2, 0) is 4.79 Å². The number of hydrogen-bond acceptors (Lipinski definition) is 3. The highest BCUT2D eigenvalue weighted by atomic mass is 16.3. The molecule has 0 saturated carbocycles. The van der Waals surface area contributed by atoms with Gasteiger partial charge in [-0.1, -0.05) is 13.3 Å². The van der Waals surface area contributed by atoms with Gasteiger partial charge in [0.1, 0.15) is 0 Å². The average molecular weight is 214 g/mol. The van der Waals surface area contributed by atoms with Crippen molar-refractivity contribution in [3.8, 4) is 0 Å². The number of nitrogens with zero attached hydrogens (tertiary/aromatic N) is 1. The van der Waals surface area contributed by atoms with Crippen LogP contribution < -0.4 is 5.32 Å². The summed E-state index contributed by atoms with van der Waals surface area (Å²) in [6.45, 7) is 5.18. The van der Waals surface area contributed by atoms with E-state index in [1.165, 1.54) is 0 Å². The van der Waals surface area contributed by atoms with E-state index in [1.54, 1.807) is 4.90 Å². The molecule has 1 saturated heterocycles. The van der Waals surface area contributed by atoms with Crippen LogP contribution in [0, 0.1) is 5.92 Å². The molecule has 1 atom stereocenters. The molecule has 0 aromatic heterocycles. The van der Waals surface area contributed by atoms with Gasteiger partial charge in [0.2, 0.25) is 5.91 Å². The normalized spacial score (nSPS) is 20.5. The summed E-state index contributed by atoms with van der Waals surface area (Å²) in [5, 5.41) is 12.1. The molecule has 15 heavy (non-hydrogen) atoms. The molecule has 1 aliphatic heterocycles. The van der Waals surface area contributed by atoms with Gasteiger partial charge in [-0.3, -0.25) is 4.79 Å². The number of aliphatic hydroxyl groups excluding tert-OH is 1. The zero-order chi connectivity index (χ0) is 11.1. The second-order valence-corrected chi connectivity index (χ2v) is 4.09. The molecule has 1 unspecified atom stereocenters. The third-order valence-corrected chi connectivity index (χ3v) is 2.87. The maximum absolute atomic E-state index is 12.0. The highest BCUT2D eigenvalue weighted by Crippen LogP contribution is 2.12. The van der Waals surface area contributed by atoms with Crippen molar-refractivity contribution in [2.75, 3.05) is 32.8 Å². The first-order valence-electron chi connectivity index (χ1n) is 5.90. The Bertz CT molecular complexity index is 191. The first kappa shape index (κ1) is 12.5. The lowest BCUT2D eigenvalue weighted by Crippen LogP contribution is -2.39. The Hall–Kier alpha value is -0.610. The van der Waals surface area contributed by atoms with E-state index in [2.05, 4.69) is 12.2 Å². The van der Waals surface area contributed by atoms with Gasteiger partial charge in [0.25, 0.3) is 0 Å². The smallest absolute Gasteiger partial charge is 0.227 e. The van der Waals surface area contributed by atoms with Crippen molar-refractivity contribution in [3.05, 3.63) is 0 Å². The Balaban J connectivity index is 2.41. The van der Waals surface area contributed by atoms with E-state index in [0.29, 0.717) is 6.54 Å². The molecule has 0 aliphatic carbocycles. The van der Waals surface area contributed by atoms with Crippen molar-refractivity contribution in [1.82, 2.24) is 10.2 Å². The van der Waals surface area contributed by atoms with Gasteiger partial charge < -0.3 is 15.3 Å². The Kier molecular flexibility index (Phi) is 5.65. The van der Waals surface area contributed by atoms with Crippen molar-refractivity contribution in [3.63, 3.8) is 0 Å². The van der Waals surface area contributed by atoms with E-state index in [0.717, 1.165) is 38.9 Å². The van der Waals surface area contributed by atoms with E-state index >= 15 is 0 Å². The van der Waals surface area contributed by atoms with Crippen molar-refractivity contribution in [1.29, 1.82) is 0 Å². The molecule has 0 aromatic carbocycles. The molecular weight excluding hydrogens is 192 g/mol. The predicted molar refractivity (Wildman–Crippen MR) is 59.6 cm³/mol. The van der Waals surface area contributed by atoms with Crippen molar-refractivity contribution in [2.24, 2.45) is 5.92 Å². The minimum Gasteiger partial charge on any atom is -0.395 e. The molecule has 0 radical (unpaired) electrons. The second kappa shape index (κ2) is 6.80. The lowest BCUT2D eigenvalue weighted by Gasteiger charge is -2.24. The number of aliphatic hydroxyl groups is 1. The number of rotatable bonds is 6. The van der Waals surface area contributed by atoms with E-state index in [9.17, 15) is 4.79 Å². The summed E-state index contributed by atoms with van der Waals surface area (Å²) in [5.74, 6) is 0.343. The molecule has 2 N–H and O–H groups in total. The SMILES string of the molecule is CCCCN(CCO)C(=O)C1CCNC1. The molecular formula is C11H22N2O2. The van der Waals surface area contributed by atoms with Gasteiger partial charge in [0.15, 0.2) is 0 Å². The molecule has 0 spiro atoms. The number of unbranched alkanes of at least 4 members (excludes halogenated alkanes) is 1. The molecule has 1 heterocycles. The average Bonchev–Trinajstić information content (AvgIpc) is 2.76. The molecule has 0 bridgehead atoms. The van der Waals surface area contributed by atoms with Gasteiger partial charge in [-0.05, 0) is 19.4 Å². The summed E-state index contributed by atoms with van der Waals surface area (Å²) in [5.41, 5.74) is 0. The summed E-state index contributed by atoms with van der Waals surface area (Å²) in [4.78, 5) is 13.8. The molecule has 1 fully saturated rings. The second-order valence-electron chi connectivity index (χ2n) is 4.09. The zero-order valence-corrected chi connectivity index (χ0v) is 9.54. The van der Waals surface area contributed by atoms with E-state index in [4.69, 9.17) is 5.11 Å². The standard InChI is InChI=1S/C11H22N2O2/c1-2-3-6-13(7-8-14)11(15)10-4-5-12-9-10/h10,12,14H,2-9H2,1H3. The molecule has 4 nitrogen and oxygen atoms in total. The fourth-order valence-electron chi connectivity index (χ4n) is 1.93.